The van der Waals surface area contributed by atoms with Crippen molar-refractivity contribution >= 4 is 5.91 Å². The van der Waals surface area contributed by atoms with E-state index in [1.807, 2.05) is 18.7 Å². The summed E-state index contributed by atoms with van der Waals surface area (Å²) >= 11 is 0. The van der Waals surface area contributed by atoms with Crippen LogP contribution in [0.1, 0.15) is 75.2 Å². The van der Waals surface area contributed by atoms with Crippen LogP contribution in [0.25, 0.3) is 0 Å². The fourth-order valence-electron chi connectivity index (χ4n) is 2.84. The van der Waals surface area contributed by atoms with Gasteiger partial charge >= 0.3 is 0 Å². The Hall–Kier alpha value is -0.570. The summed E-state index contributed by atoms with van der Waals surface area (Å²) in [4.78, 5) is 16.8. The molecule has 1 fully saturated rings. The first-order valence-electron chi connectivity index (χ1n) is 9.01. The lowest BCUT2D eigenvalue weighted by atomic mass is 9.75. The Kier molecular flexibility index (Phi) is 11.9. The lowest BCUT2D eigenvalue weighted by Gasteiger charge is -2.39. The van der Waals surface area contributed by atoms with Crippen molar-refractivity contribution in [1.29, 1.82) is 0 Å². The van der Waals surface area contributed by atoms with Gasteiger partial charge in [-0.3, -0.25) is 4.79 Å². The van der Waals surface area contributed by atoms with Crippen molar-refractivity contribution in [1.82, 2.24) is 9.80 Å². The maximum Gasteiger partial charge on any atom is 0.228 e. The van der Waals surface area contributed by atoms with Crippen molar-refractivity contribution in [2.75, 3.05) is 33.2 Å². The van der Waals surface area contributed by atoms with E-state index in [2.05, 4.69) is 60.4 Å². The Morgan fingerprint density at radius 3 is 1.59 bits per heavy atom. The van der Waals surface area contributed by atoms with Gasteiger partial charge in [-0.05, 0) is 18.9 Å². The molecule has 22 heavy (non-hydrogen) atoms. The summed E-state index contributed by atoms with van der Waals surface area (Å²) in [5.74, 6) is 0.320. The van der Waals surface area contributed by atoms with Gasteiger partial charge in [0.15, 0.2) is 0 Å². The van der Waals surface area contributed by atoms with Gasteiger partial charge in [-0.25, -0.2) is 0 Å². The lowest BCUT2D eigenvalue weighted by Crippen LogP contribution is -2.51. The van der Waals surface area contributed by atoms with Crippen molar-refractivity contribution in [3.63, 3.8) is 0 Å². The van der Waals surface area contributed by atoms with Crippen molar-refractivity contribution in [2.24, 2.45) is 10.8 Å². The number of hydrogen-bond acceptors (Lipinski definition) is 2. The molecule has 0 radical (unpaired) electrons. The summed E-state index contributed by atoms with van der Waals surface area (Å²) in [5.41, 5.74) is -0.0418. The van der Waals surface area contributed by atoms with Gasteiger partial charge in [0.2, 0.25) is 5.91 Å². The largest absolute Gasteiger partial charge is 0.340 e. The molecule has 0 N–H and O–H groups in total. The first kappa shape index (κ1) is 23.7. The van der Waals surface area contributed by atoms with E-state index in [9.17, 15) is 4.79 Å². The molecule has 0 atom stereocenters. The fraction of sp³-hybridized carbons (Fsp3) is 0.947. The minimum Gasteiger partial charge on any atom is -0.340 e. The Morgan fingerprint density at radius 2 is 1.27 bits per heavy atom. The molecule has 1 aliphatic rings. The van der Waals surface area contributed by atoms with Gasteiger partial charge in [-0.2, -0.15) is 0 Å². The molecular formula is C19H42N2O. The van der Waals surface area contributed by atoms with E-state index >= 15 is 0 Å². The van der Waals surface area contributed by atoms with Gasteiger partial charge in [0.25, 0.3) is 0 Å². The van der Waals surface area contributed by atoms with E-state index < -0.39 is 0 Å². The van der Waals surface area contributed by atoms with Crippen LogP contribution in [0.15, 0.2) is 0 Å². The van der Waals surface area contributed by atoms with Crippen molar-refractivity contribution in [3.05, 3.63) is 0 Å². The summed E-state index contributed by atoms with van der Waals surface area (Å²) in [7, 11) is 2.11. The summed E-state index contributed by atoms with van der Waals surface area (Å²) < 4.78 is 0. The molecule has 0 aliphatic carbocycles. The zero-order chi connectivity index (χ0) is 18.0. The highest BCUT2D eigenvalue weighted by atomic mass is 16.2. The van der Waals surface area contributed by atoms with Gasteiger partial charge in [0.05, 0.1) is 0 Å². The van der Waals surface area contributed by atoms with Gasteiger partial charge in [-0.1, -0.05) is 68.7 Å². The van der Waals surface area contributed by atoms with E-state index in [4.69, 9.17) is 0 Å². The van der Waals surface area contributed by atoms with Crippen LogP contribution in [-0.4, -0.2) is 48.9 Å². The van der Waals surface area contributed by atoms with Crippen molar-refractivity contribution in [3.8, 4) is 0 Å². The van der Waals surface area contributed by atoms with Crippen LogP contribution in [0.4, 0.5) is 0 Å². The predicted octanol–water partition coefficient (Wildman–Crippen LogP) is 4.67. The highest BCUT2D eigenvalue weighted by molar-refractivity contribution is 5.82. The van der Waals surface area contributed by atoms with Crippen LogP contribution < -0.4 is 0 Å². The molecule has 0 saturated carbocycles. The molecule has 1 saturated heterocycles. The Labute approximate surface area is 140 Å². The number of nitrogens with zero attached hydrogens (tertiary/aromatic N) is 2. The average Bonchev–Trinajstić information content (AvgIpc) is 2.39. The second kappa shape index (κ2) is 11.0. The molecule has 3 nitrogen and oxygen atoms in total. The molecule has 0 bridgehead atoms. The third-order valence-electron chi connectivity index (χ3n) is 3.34. The monoisotopic (exact) mass is 314 g/mol. The maximum absolute atomic E-state index is 12.5. The molecule has 3 heteroatoms. The standard InChI is InChI=1S/C14H28N2O.C3H8.C2H6/c1-13(2,3)11-14(4,5)12(17)16-9-7-15(6)8-10-16;1-3-2;1-2/h7-11H2,1-6H3;3H2,1-2H3;1-2H3. The number of piperazine rings is 1. The van der Waals surface area contributed by atoms with Crippen LogP contribution in [0, 0.1) is 10.8 Å². The number of amides is 1. The minimum absolute atomic E-state index is 0.200. The highest BCUT2D eigenvalue weighted by Gasteiger charge is 2.36. The summed E-state index contributed by atoms with van der Waals surface area (Å²) in [6.07, 6.45) is 2.19. The Morgan fingerprint density at radius 1 is 0.909 bits per heavy atom. The molecule has 134 valence electrons. The van der Waals surface area contributed by atoms with E-state index in [1.54, 1.807) is 0 Å². The van der Waals surface area contributed by atoms with Crippen LogP contribution >= 0.6 is 0 Å². The molecule has 0 spiro atoms. The Bertz CT molecular complexity index is 284. The van der Waals surface area contributed by atoms with Crippen LogP contribution in [0.2, 0.25) is 0 Å². The first-order valence-corrected chi connectivity index (χ1v) is 9.01. The van der Waals surface area contributed by atoms with Crippen molar-refractivity contribution < 1.29 is 4.79 Å². The maximum atomic E-state index is 12.5. The average molecular weight is 315 g/mol. The van der Waals surface area contributed by atoms with Gasteiger partial charge in [-0.15, -0.1) is 0 Å². The second-order valence-corrected chi connectivity index (χ2v) is 7.92. The normalized spacial score (nSPS) is 16.2. The lowest BCUT2D eigenvalue weighted by molar-refractivity contribution is -0.143. The second-order valence-electron chi connectivity index (χ2n) is 7.92. The fourth-order valence-corrected chi connectivity index (χ4v) is 2.84. The minimum atomic E-state index is -0.242. The van der Waals surface area contributed by atoms with Crippen LogP contribution in [-0.2, 0) is 4.79 Å². The van der Waals surface area contributed by atoms with Gasteiger partial charge < -0.3 is 9.80 Å². The zero-order valence-corrected chi connectivity index (χ0v) is 17.0. The number of likely N-dealkylation sites (N-methyl/N-ethyl adjacent to an activating group) is 1. The summed E-state index contributed by atoms with van der Waals surface area (Å²) in [5, 5.41) is 0. The van der Waals surface area contributed by atoms with Crippen LogP contribution in [0.5, 0.6) is 0 Å². The molecule has 1 heterocycles. The first-order chi connectivity index (χ1) is 10.0. The zero-order valence-electron chi connectivity index (χ0n) is 17.0. The number of rotatable bonds is 2. The van der Waals surface area contributed by atoms with Gasteiger partial charge in [0.1, 0.15) is 0 Å². The van der Waals surface area contributed by atoms with E-state index in [-0.39, 0.29) is 10.8 Å². The number of carbonyl (C=O) groups excluding carboxylic acids is 1. The quantitative estimate of drug-likeness (QED) is 0.739. The third-order valence-corrected chi connectivity index (χ3v) is 3.34. The summed E-state index contributed by atoms with van der Waals surface area (Å²) in [6.45, 7) is 22.8. The molecule has 0 aromatic heterocycles. The summed E-state index contributed by atoms with van der Waals surface area (Å²) in [6, 6.07) is 0. The molecular weight excluding hydrogens is 272 g/mol. The SMILES string of the molecule is CC.CCC.CN1CCN(C(=O)C(C)(C)CC(C)(C)C)CC1. The third kappa shape index (κ3) is 10.2. The van der Waals surface area contributed by atoms with Gasteiger partial charge in [0, 0.05) is 31.6 Å². The van der Waals surface area contributed by atoms with E-state index in [0.717, 1.165) is 32.6 Å². The van der Waals surface area contributed by atoms with E-state index in [0.29, 0.717) is 5.91 Å². The molecule has 0 unspecified atom stereocenters. The van der Waals surface area contributed by atoms with Crippen LogP contribution in [0.3, 0.4) is 0 Å². The smallest absolute Gasteiger partial charge is 0.228 e. The molecule has 0 aromatic rings. The molecule has 1 rings (SSSR count). The van der Waals surface area contributed by atoms with E-state index in [1.165, 1.54) is 6.42 Å². The molecule has 1 aliphatic heterocycles. The number of hydrogen-bond donors (Lipinski definition) is 0. The molecule has 1 amide bonds. The Balaban J connectivity index is 0. The van der Waals surface area contributed by atoms with Crippen molar-refractivity contribution in [2.45, 2.75) is 75.2 Å². The number of carbonyl (C=O) groups is 1. The predicted molar refractivity (Wildman–Crippen MR) is 99.2 cm³/mol. The molecule has 0 aromatic carbocycles. The highest BCUT2D eigenvalue weighted by Crippen LogP contribution is 2.34. The topological polar surface area (TPSA) is 23.6 Å².